The van der Waals surface area contributed by atoms with Crippen LogP contribution in [0.15, 0.2) is 63.3 Å². The molecular weight excluding hydrogens is 460 g/mol. The van der Waals surface area contributed by atoms with Gasteiger partial charge in [-0.05, 0) is 42.3 Å². The van der Waals surface area contributed by atoms with Crippen LogP contribution in [0.4, 0.5) is 5.13 Å². The predicted molar refractivity (Wildman–Crippen MR) is 130 cm³/mol. The van der Waals surface area contributed by atoms with Gasteiger partial charge in [-0.1, -0.05) is 43.5 Å². The van der Waals surface area contributed by atoms with E-state index in [0.29, 0.717) is 33.3 Å². The van der Waals surface area contributed by atoms with Crippen molar-refractivity contribution >= 4 is 44.9 Å². The summed E-state index contributed by atoms with van der Waals surface area (Å²) in [7, 11) is 0. The molecular formula is C25H21ClN2O4S. The molecule has 4 aromatic rings. The van der Waals surface area contributed by atoms with Crippen molar-refractivity contribution in [2.45, 2.75) is 32.2 Å². The number of nitrogens with zero attached hydrogens (tertiary/aromatic N) is 2. The Balaban J connectivity index is 1.60. The molecule has 168 valence electrons. The summed E-state index contributed by atoms with van der Waals surface area (Å²) in [4.78, 5) is 32.8. The van der Waals surface area contributed by atoms with Crippen LogP contribution in [-0.2, 0) is 0 Å². The molecule has 1 aliphatic heterocycles. The first kappa shape index (κ1) is 21.7. The molecule has 6 nitrogen and oxygen atoms in total. The molecule has 1 amide bonds. The van der Waals surface area contributed by atoms with Gasteiger partial charge in [0.05, 0.1) is 23.6 Å². The van der Waals surface area contributed by atoms with Gasteiger partial charge in [-0.25, -0.2) is 4.98 Å². The van der Waals surface area contributed by atoms with Crippen LogP contribution in [0.3, 0.4) is 0 Å². The maximum Gasteiger partial charge on any atom is 0.297 e. The Kier molecular flexibility index (Phi) is 5.91. The fourth-order valence-corrected chi connectivity index (χ4v) is 4.92. The summed E-state index contributed by atoms with van der Waals surface area (Å²) in [5.74, 6) is 0.395. The molecule has 1 unspecified atom stereocenters. The highest BCUT2D eigenvalue weighted by Gasteiger charge is 2.44. The fraction of sp³-hybridized carbons (Fsp3) is 0.240. The number of benzene rings is 2. The second-order valence-electron chi connectivity index (χ2n) is 7.83. The number of ether oxygens (including phenoxy) is 1. The van der Waals surface area contributed by atoms with E-state index in [4.69, 9.17) is 20.8 Å². The third-order valence-electron chi connectivity index (χ3n) is 5.67. The Morgan fingerprint density at radius 3 is 2.70 bits per heavy atom. The third kappa shape index (κ3) is 3.92. The van der Waals surface area contributed by atoms with E-state index in [-0.39, 0.29) is 11.2 Å². The Morgan fingerprint density at radius 2 is 1.97 bits per heavy atom. The SMILES string of the molecule is CCCCCOc1ccc(C2c3c(oc4ccc(Cl)cc4c3=O)C(=O)N2c2nccs2)cc1. The number of fused-ring (bicyclic) bond motifs is 2. The minimum Gasteiger partial charge on any atom is -0.494 e. The van der Waals surface area contributed by atoms with Crippen LogP contribution in [-0.4, -0.2) is 17.5 Å². The van der Waals surface area contributed by atoms with Gasteiger partial charge in [-0.15, -0.1) is 11.3 Å². The first-order valence-electron chi connectivity index (χ1n) is 10.8. The summed E-state index contributed by atoms with van der Waals surface area (Å²) in [6.45, 7) is 2.80. The van der Waals surface area contributed by atoms with E-state index in [1.165, 1.54) is 16.2 Å². The molecule has 0 fully saturated rings. The lowest BCUT2D eigenvalue weighted by molar-refractivity contribution is 0.0971. The number of hydrogen-bond donors (Lipinski definition) is 0. The highest BCUT2D eigenvalue weighted by Crippen LogP contribution is 2.42. The average molecular weight is 481 g/mol. The maximum atomic E-state index is 13.5. The van der Waals surface area contributed by atoms with Crippen LogP contribution in [0.1, 0.15) is 53.9 Å². The van der Waals surface area contributed by atoms with Gasteiger partial charge in [0.15, 0.2) is 10.6 Å². The summed E-state index contributed by atoms with van der Waals surface area (Å²) in [5, 5.41) is 3.06. The van der Waals surface area contributed by atoms with Crippen LogP contribution in [0.5, 0.6) is 5.75 Å². The van der Waals surface area contributed by atoms with Crippen LogP contribution >= 0.6 is 22.9 Å². The molecule has 0 bridgehead atoms. The molecule has 0 saturated carbocycles. The highest BCUT2D eigenvalue weighted by atomic mass is 35.5. The lowest BCUT2D eigenvalue weighted by Gasteiger charge is -2.22. The molecule has 5 rings (SSSR count). The van der Waals surface area contributed by atoms with Gasteiger partial charge in [0.2, 0.25) is 5.76 Å². The molecule has 2 aromatic heterocycles. The Hall–Kier alpha value is -3.16. The summed E-state index contributed by atoms with van der Waals surface area (Å²) >= 11 is 7.46. The highest BCUT2D eigenvalue weighted by molar-refractivity contribution is 7.13. The van der Waals surface area contributed by atoms with Gasteiger partial charge in [-0.2, -0.15) is 0 Å². The average Bonchev–Trinajstić information content (AvgIpc) is 3.44. The van der Waals surface area contributed by atoms with Crippen LogP contribution in [0, 0.1) is 0 Å². The van der Waals surface area contributed by atoms with Crippen molar-refractivity contribution in [1.82, 2.24) is 4.98 Å². The number of rotatable bonds is 7. The monoisotopic (exact) mass is 480 g/mol. The van der Waals surface area contributed by atoms with E-state index in [1.54, 1.807) is 29.8 Å². The number of carbonyl (C=O) groups excluding carboxylic acids is 1. The molecule has 0 N–H and O–H groups in total. The van der Waals surface area contributed by atoms with Crippen molar-refractivity contribution in [3.05, 3.63) is 86.2 Å². The lowest BCUT2D eigenvalue weighted by atomic mass is 9.98. The molecule has 1 atom stereocenters. The van der Waals surface area contributed by atoms with Gasteiger partial charge in [0, 0.05) is 16.6 Å². The predicted octanol–water partition coefficient (Wildman–Crippen LogP) is 6.22. The smallest absolute Gasteiger partial charge is 0.297 e. The standard InChI is InChI=1S/C25H21ClN2O4S/c1-2-3-4-12-31-17-8-5-15(6-9-17)21-20-22(29)18-14-16(26)7-10-19(18)32-23(20)24(30)28(21)25-27-11-13-33-25/h5-11,13-14,21H,2-4,12H2,1H3. The number of thiazole rings is 1. The van der Waals surface area contributed by atoms with E-state index in [2.05, 4.69) is 11.9 Å². The van der Waals surface area contributed by atoms with Gasteiger partial charge in [0.25, 0.3) is 5.91 Å². The number of carbonyl (C=O) groups is 1. The number of unbranched alkanes of at least 4 members (excludes halogenated alkanes) is 2. The molecule has 0 radical (unpaired) electrons. The zero-order valence-electron chi connectivity index (χ0n) is 17.9. The minimum absolute atomic E-state index is 0.0370. The van der Waals surface area contributed by atoms with Crippen molar-refractivity contribution in [2.24, 2.45) is 0 Å². The number of amides is 1. The van der Waals surface area contributed by atoms with Crippen molar-refractivity contribution in [1.29, 1.82) is 0 Å². The first-order valence-corrected chi connectivity index (χ1v) is 12.1. The normalized spacial score (nSPS) is 15.3. The van der Waals surface area contributed by atoms with Gasteiger partial charge in [-0.3, -0.25) is 14.5 Å². The molecule has 0 aliphatic carbocycles. The molecule has 3 heterocycles. The van der Waals surface area contributed by atoms with E-state index in [1.807, 2.05) is 24.3 Å². The summed E-state index contributed by atoms with van der Waals surface area (Å²) in [5.41, 5.74) is 1.12. The van der Waals surface area contributed by atoms with Crippen LogP contribution in [0.25, 0.3) is 11.0 Å². The quantitative estimate of drug-likeness (QED) is 0.293. The molecule has 0 saturated heterocycles. The second-order valence-corrected chi connectivity index (χ2v) is 9.14. The number of hydrogen-bond acceptors (Lipinski definition) is 6. The van der Waals surface area contributed by atoms with Crippen molar-refractivity contribution in [3.63, 3.8) is 0 Å². The largest absolute Gasteiger partial charge is 0.494 e. The maximum absolute atomic E-state index is 13.5. The van der Waals surface area contributed by atoms with Gasteiger partial charge < -0.3 is 9.15 Å². The first-order chi connectivity index (χ1) is 16.1. The van der Waals surface area contributed by atoms with Gasteiger partial charge >= 0.3 is 0 Å². The van der Waals surface area contributed by atoms with E-state index in [0.717, 1.165) is 30.6 Å². The molecule has 33 heavy (non-hydrogen) atoms. The van der Waals surface area contributed by atoms with Crippen LogP contribution < -0.4 is 15.1 Å². The summed E-state index contributed by atoms with van der Waals surface area (Å²) in [6.07, 6.45) is 4.88. The fourth-order valence-electron chi connectivity index (χ4n) is 4.08. The second kappa shape index (κ2) is 9.00. The van der Waals surface area contributed by atoms with E-state index in [9.17, 15) is 9.59 Å². The summed E-state index contributed by atoms with van der Waals surface area (Å²) in [6, 6.07) is 11.6. The molecule has 1 aliphatic rings. The van der Waals surface area contributed by atoms with E-state index >= 15 is 0 Å². The molecule has 2 aromatic carbocycles. The van der Waals surface area contributed by atoms with Crippen molar-refractivity contribution in [2.75, 3.05) is 11.5 Å². The van der Waals surface area contributed by atoms with Crippen LogP contribution in [0.2, 0.25) is 5.02 Å². The number of anilines is 1. The Bertz CT molecular complexity index is 1370. The van der Waals surface area contributed by atoms with Crippen molar-refractivity contribution < 1.29 is 13.9 Å². The molecule has 0 spiro atoms. The minimum atomic E-state index is -0.660. The number of aromatic nitrogens is 1. The van der Waals surface area contributed by atoms with E-state index < -0.39 is 11.9 Å². The zero-order chi connectivity index (χ0) is 22.9. The van der Waals surface area contributed by atoms with Crippen molar-refractivity contribution in [3.8, 4) is 5.75 Å². The third-order valence-corrected chi connectivity index (χ3v) is 6.68. The number of halogens is 1. The Labute approximate surface area is 199 Å². The zero-order valence-corrected chi connectivity index (χ0v) is 19.5. The lowest BCUT2D eigenvalue weighted by Crippen LogP contribution is -2.29. The Morgan fingerprint density at radius 1 is 1.15 bits per heavy atom. The molecule has 8 heteroatoms. The summed E-state index contributed by atoms with van der Waals surface area (Å²) < 4.78 is 11.8. The topological polar surface area (TPSA) is 72.6 Å². The van der Waals surface area contributed by atoms with Gasteiger partial charge in [0.1, 0.15) is 11.3 Å².